The van der Waals surface area contributed by atoms with Gasteiger partial charge in [0.2, 0.25) is 0 Å². The molecule has 0 radical (unpaired) electrons. The van der Waals surface area contributed by atoms with E-state index < -0.39 is 0 Å². The number of benzene rings is 3. The standard InChI is InChI=1S/C33H47BO2.C5H12O2/c1-4-6-8-10-12-14-16-28-29(17-15-13-11-9-7-5-2)33-25-27(34-35-22-23-36-34)19-21-31(33)30-20-18-26(3)24-32(28)30;1-2-7-5-3-4-6/h18-21,24-25H,4-17,22-23H2,1-3H3;6H,2-5H2,1H3. The van der Waals surface area contributed by atoms with Crippen molar-refractivity contribution in [2.24, 2.45) is 0 Å². The van der Waals surface area contributed by atoms with E-state index in [1.54, 1.807) is 11.1 Å². The Morgan fingerprint density at radius 1 is 0.651 bits per heavy atom. The van der Waals surface area contributed by atoms with Crippen molar-refractivity contribution in [3.8, 4) is 0 Å². The van der Waals surface area contributed by atoms with Crippen LogP contribution in [0.3, 0.4) is 0 Å². The third-order valence-electron chi connectivity index (χ3n) is 8.63. The third kappa shape index (κ3) is 11.5. The zero-order chi connectivity index (χ0) is 30.7. The van der Waals surface area contributed by atoms with E-state index in [4.69, 9.17) is 19.2 Å². The summed E-state index contributed by atoms with van der Waals surface area (Å²) in [4.78, 5) is 0. The molecule has 0 atom stereocenters. The van der Waals surface area contributed by atoms with Crippen LogP contribution in [0.25, 0.3) is 21.5 Å². The van der Waals surface area contributed by atoms with Gasteiger partial charge >= 0.3 is 7.12 Å². The summed E-state index contributed by atoms with van der Waals surface area (Å²) in [5.74, 6) is 0. The van der Waals surface area contributed by atoms with Gasteiger partial charge in [0.25, 0.3) is 0 Å². The van der Waals surface area contributed by atoms with Crippen LogP contribution >= 0.6 is 0 Å². The Bertz CT molecular complexity index is 1180. The molecule has 0 bridgehead atoms. The van der Waals surface area contributed by atoms with E-state index in [0.29, 0.717) is 19.8 Å². The SMILES string of the molecule is CCCCCCCCc1c(CCCCCCCC)c2cc(B3OCCO3)ccc2c2ccc(C)cc12.CCOCCCO. The fourth-order valence-electron chi connectivity index (χ4n) is 6.26. The molecule has 1 aliphatic heterocycles. The number of aliphatic hydroxyl groups excluding tert-OH is 1. The van der Waals surface area contributed by atoms with Crippen LogP contribution in [-0.4, -0.2) is 45.3 Å². The highest BCUT2D eigenvalue weighted by Gasteiger charge is 2.27. The fraction of sp³-hybridized carbons (Fsp3) is 0.632. The second-order valence-corrected chi connectivity index (χ2v) is 12.2. The van der Waals surface area contributed by atoms with E-state index in [0.717, 1.165) is 13.0 Å². The summed E-state index contributed by atoms with van der Waals surface area (Å²) in [7, 11) is -0.216. The predicted octanol–water partition coefficient (Wildman–Crippen LogP) is 9.25. The topological polar surface area (TPSA) is 47.9 Å². The molecule has 0 spiro atoms. The van der Waals surface area contributed by atoms with E-state index in [2.05, 4.69) is 57.2 Å². The minimum atomic E-state index is -0.216. The summed E-state index contributed by atoms with van der Waals surface area (Å²) >= 11 is 0. The van der Waals surface area contributed by atoms with Crippen LogP contribution < -0.4 is 5.46 Å². The quantitative estimate of drug-likeness (QED) is 0.0859. The van der Waals surface area contributed by atoms with Gasteiger partial charge in [0, 0.05) is 19.8 Å². The van der Waals surface area contributed by atoms with Crippen molar-refractivity contribution in [2.45, 2.75) is 124 Å². The van der Waals surface area contributed by atoms with Crippen molar-refractivity contribution >= 4 is 34.1 Å². The summed E-state index contributed by atoms with van der Waals surface area (Å²) in [6.07, 6.45) is 19.2. The Kier molecular flexibility index (Phi) is 17.3. The van der Waals surface area contributed by atoms with Gasteiger partial charge in [-0.1, -0.05) is 120 Å². The number of aliphatic hydroxyl groups is 1. The molecule has 0 saturated carbocycles. The van der Waals surface area contributed by atoms with Crippen LogP contribution in [0.1, 0.15) is 121 Å². The van der Waals surface area contributed by atoms with Gasteiger partial charge in [0.05, 0.1) is 13.2 Å². The molecule has 0 amide bonds. The molecule has 0 aliphatic carbocycles. The van der Waals surface area contributed by atoms with Gasteiger partial charge in [-0.25, -0.2) is 0 Å². The lowest BCUT2D eigenvalue weighted by Gasteiger charge is -2.19. The first-order valence-electron chi connectivity index (χ1n) is 17.5. The normalized spacial score (nSPS) is 13.2. The molecule has 4 rings (SSSR count). The van der Waals surface area contributed by atoms with Gasteiger partial charge in [-0.3, -0.25) is 0 Å². The Morgan fingerprint density at radius 2 is 1.19 bits per heavy atom. The second-order valence-electron chi connectivity index (χ2n) is 12.2. The molecule has 238 valence electrons. The van der Waals surface area contributed by atoms with Gasteiger partial charge in [0.1, 0.15) is 0 Å². The molecule has 43 heavy (non-hydrogen) atoms. The van der Waals surface area contributed by atoms with Gasteiger partial charge in [-0.2, -0.15) is 0 Å². The van der Waals surface area contributed by atoms with Crippen LogP contribution in [0.15, 0.2) is 36.4 Å². The highest BCUT2D eigenvalue weighted by Crippen LogP contribution is 2.35. The van der Waals surface area contributed by atoms with Crippen LogP contribution in [-0.2, 0) is 26.9 Å². The maximum absolute atomic E-state index is 8.21. The maximum atomic E-state index is 8.21. The molecule has 1 aliphatic rings. The molecule has 3 aromatic carbocycles. The van der Waals surface area contributed by atoms with Gasteiger partial charge in [-0.15, -0.1) is 0 Å². The first-order valence-corrected chi connectivity index (χ1v) is 17.5. The fourth-order valence-corrected chi connectivity index (χ4v) is 6.26. The maximum Gasteiger partial charge on any atom is 0.494 e. The van der Waals surface area contributed by atoms with Gasteiger partial charge in [0.15, 0.2) is 0 Å². The number of fused-ring (bicyclic) bond motifs is 3. The van der Waals surface area contributed by atoms with E-state index >= 15 is 0 Å². The predicted molar refractivity (Wildman–Crippen MR) is 186 cm³/mol. The zero-order valence-corrected chi connectivity index (χ0v) is 27.9. The summed E-state index contributed by atoms with van der Waals surface area (Å²) in [6.45, 7) is 11.8. The first kappa shape index (κ1) is 35.6. The summed E-state index contributed by atoms with van der Waals surface area (Å²) in [5.41, 5.74) is 5.73. The van der Waals surface area contributed by atoms with Crippen LogP contribution in [0, 0.1) is 6.92 Å². The molecule has 1 fully saturated rings. The summed E-state index contributed by atoms with van der Waals surface area (Å²) in [5, 5.41) is 13.9. The number of ether oxygens (including phenoxy) is 1. The highest BCUT2D eigenvalue weighted by molar-refractivity contribution is 6.62. The molecule has 1 saturated heterocycles. The number of hydrogen-bond donors (Lipinski definition) is 1. The smallest absolute Gasteiger partial charge is 0.405 e. The van der Waals surface area contributed by atoms with E-state index in [1.807, 2.05) is 6.92 Å². The summed E-state index contributed by atoms with van der Waals surface area (Å²) in [6, 6.07) is 14.0. The highest BCUT2D eigenvalue weighted by atomic mass is 16.6. The lowest BCUT2D eigenvalue weighted by Crippen LogP contribution is -2.31. The molecule has 1 N–H and O–H groups in total. The largest absolute Gasteiger partial charge is 0.494 e. The number of aryl methyl sites for hydroxylation is 3. The van der Waals surface area contributed by atoms with Crippen molar-refractivity contribution in [1.29, 1.82) is 0 Å². The lowest BCUT2D eigenvalue weighted by molar-refractivity contribution is 0.127. The summed E-state index contributed by atoms with van der Waals surface area (Å²) < 4.78 is 16.7. The Hall–Kier alpha value is -1.92. The Labute approximate surface area is 263 Å². The molecule has 0 aromatic heterocycles. The zero-order valence-electron chi connectivity index (χ0n) is 27.9. The monoisotopic (exact) mass is 590 g/mol. The van der Waals surface area contributed by atoms with Gasteiger partial charge < -0.3 is 19.2 Å². The average Bonchev–Trinajstić information content (AvgIpc) is 3.57. The Balaban J connectivity index is 0.000000646. The van der Waals surface area contributed by atoms with Gasteiger partial charge in [-0.05, 0) is 84.1 Å². The van der Waals surface area contributed by atoms with Crippen molar-refractivity contribution in [2.75, 3.05) is 33.0 Å². The lowest BCUT2D eigenvalue weighted by atomic mass is 9.76. The molecule has 0 unspecified atom stereocenters. The van der Waals surface area contributed by atoms with Crippen LogP contribution in [0.5, 0.6) is 0 Å². The molecular weight excluding hydrogens is 531 g/mol. The van der Waals surface area contributed by atoms with Crippen LogP contribution in [0.2, 0.25) is 0 Å². The first-order chi connectivity index (χ1) is 21.1. The van der Waals surface area contributed by atoms with E-state index in [1.165, 1.54) is 122 Å². The van der Waals surface area contributed by atoms with E-state index in [-0.39, 0.29) is 13.7 Å². The van der Waals surface area contributed by atoms with Crippen molar-refractivity contribution < 1.29 is 19.2 Å². The minimum absolute atomic E-state index is 0.216. The number of unbranched alkanes of at least 4 members (excludes halogenated alkanes) is 10. The van der Waals surface area contributed by atoms with E-state index in [9.17, 15) is 0 Å². The minimum Gasteiger partial charge on any atom is -0.405 e. The number of rotatable bonds is 19. The second kappa shape index (κ2) is 20.9. The van der Waals surface area contributed by atoms with Crippen molar-refractivity contribution in [3.63, 3.8) is 0 Å². The molecular formula is C38H59BO4. The average molecular weight is 591 g/mol. The third-order valence-corrected chi connectivity index (χ3v) is 8.63. The molecule has 3 aromatic rings. The molecule has 1 heterocycles. The Morgan fingerprint density at radius 3 is 1.74 bits per heavy atom. The van der Waals surface area contributed by atoms with Crippen molar-refractivity contribution in [3.05, 3.63) is 53.1 Å². The molecule has 5 heteroatoms. The molecule has 4 nitrogen and oxygen atoms in total. The van der Waals surface area contributed by atoms with Crippen LogP contribution in [0.4, 0.5) is 0 Å². The van der Waals surface area contributed by atoms with Crippen molar-refractivity contribution in [1.82, 2.24) is 0 Å². The number of hydrogen-bond acceptors (Lipinski definition) is 4.